The molecule has 1 amide bonds. The minimum Gasteiger partial charge on any atom is -0.394 e. The molecule has 8 heteroatoms. The fraction of sp³-hybridized carbons (Fsp3) is 0.286. The van der Waals surface area contributed by atoms with Crippen LogP contribution in [0.4, 0.5) is 5.95 Å². The van der Waals surface area contributed by atoms with Crippen molar-refractivity contribution in [3.63, 3.8) is 0 Å². The number of rotatable bonds is 8. The molecule has 8 nitrogen and oxygen atoms in total. The SMILES string of the molecule is Cc1cnc(NCC(C)O)nc1-c1c[nH]c(C(=O)NC(CO)c2ccccc2)c1. The van der Waals surface area contributed by atoms with Crippen molar-refractivity contribution in [1.82, 2.24) is 20.3 Å². The van der Waals surface area contributed by atoms with Gasteiger partial charge in [-0.1, -0.05) is 30.3 Å². The molecule has 152 valence electrons. The van der Waals surface area contributed by atoms with Crippen LogP contribution < -0.4 is 10.6 Å². The molecule has 0 radical (unpaired) electrons. The number of carbonyl (C=O) groups is 1. The molecule has 3 aromatic rings. The minimum atomic E-state index is -0.519. The molecule has 0 bridgehead atoms. The summed E-state index contributed by atoms with van der Waals surface area (Å²) in [6.45, 7) is 3.70. The number of carbonyl (C=O) groups excluding carboxylic acids is 1. The number of H-pyrrole nitrogens is 1. The van der Waals surface area contributed by atoms with Crippen molar-refractivity contribution >= 4 is 11.9 Å². The lowest BCUT2D eigenvalue weighted by molar-refractivity contribution is 0.0911. The number of benzene rings is 1. The summed E-state index contributed by atoms with van der Waals surface area (Å²) >= 11 is 0. The van der Waals surface area contributed by atoms with E-state index in [2.05, 4.69) is 25.6 Å². The first-order valence-electron chi connectivity index (χ1n) is 9.39. The molecule has 0 spiro atoms. The second kappa shape index (κ2) is 9.31. The third-order valence-corrected chi connectivity index (χ3v) is 4.42. The Hall–Kier alpha value is -3.23. The summed E-state index contributed by atoms with van der Waals surface area (Å²) in [5.74, 6) is 0.0847. The second-order valence-corrected chi connectivity index (χ2v) is 6.88. The third kappa shape index (κ3) is 5.18. The summed E-state index contributed by atoms with van der Waals surface area (Å²) in [7, 11) is 0. The van der Waals surface area contributed by atoms with Crippen LogP contribution in [0.15, 0.2) is 48.8 Å². The topological polar surface area (TPSA) is 123 Å². The van der Waals surface area contributed by atoms with Gasteiger partial charge in [-0.2, -0.15) is 0 Å². The molecule has 2 unspecified atom stereocenters. The Balaban J connectivity index is 1.76. The van der Waals surface area contributed by atoms with E-state index in [1.54, 1.807) is 25.4 Å². The lowest BCUT2D eigenvalue weighted by Crippen LogP contribution is -2.30. The fourth-order valence-electron chi connectivity index (χ4n) is 2.88. The Morgan fingerprint density at radius 3 is 2.72 bits per heavy atom. The molecule has 2 aromatic heterocycles. The molecule has 0 aliphatic carbocycles. The van der Waals surface area contributed by atoms with Crippen molar-refractivity contribution in [2.75, 3.05) is 18.5 Å². The Morgan fingerprint density at radius 1 is 1.28 bits per heavy atom. The second-order valence-electron chi connectivity index (χ2n) is 6.88. The molecular formula is C21H25N5O3. The Labute approximate surface area is 169 Å². The van der Waals surface area contributed by atoms with Gasteiger partial charge in [0, 0.05) is 24.5 Å². The summed E-state index contributed by atoms with van der Waals surface area (Å²) in [4.78, 5) is 24.3. The van der Waals surface area contributed by atoms with E-state index in [1.807, 2.05) is 37.3 Å². The number of nitrogens with zero attached hydrogens (tertiary/aromatic N) is 2. The molecule has 0 saturated carbocycles. The maximum absolute atomic E-state index is 12.6. The average Bonchev–Trinajstić information content (AvgIpc) is 3.22. The number of aliphatic hydroxyl groups excluding tert-OH is 2. The molecule has 0 saturated heterocycles. The number of hydrogen-bond donors (Lipinski definition) is 5. The first kappa shape index (κ1) is 20.5. The van der Waals surface area contributed by atoms with Crippen LogP contribution in [0.1, 0.15) is 34.6 Å². The molecule has 0 aliphatic rings. The van der Waals surface area contributed by atoms with Gasteiger partial charge >= 0.3 is 0 Å². The van der Waals surface area contributed by atoms with E-state index in [1.165, 1.54) is 0 Å². The number of anilines is 1. The summed E-state index contributed by atoms with van der Waals surface area (Å²) < 4.78 is 0. The van der Waals surface area contributed by atoms with Gasteiger partial charge in [0.25, 0.3) is 5.91 Å². The molecule has 0 aliphatic heterocycles. The quantitative estimate of drug-likeness (QED) is 0.398. The van der Waals surface area contributed by atoms with Gasteiger partial charge in [0.2, 0.25) is 5.95 Å². The zero-order valence-electron chi connectivity index (χ0n) is 16.4. The van der Waals surface area contributed by atoms with E-state index in [0.29, 0.717) is 23.9 Å². The number of nitrogens with one attached hydrogen (secondary N) is 3. The molecule has 2 heterocycles. The van der Waals surface area contributed by atoms with Crippen LogP contribution >= 0.6 is 0 Å². The number of aliphatic hydroxyl groups is 2. The number of hydrogen-bond acceptors (Lipinski definition) is 6. The molecule has 2 atom stereocenters. The summed E-state index contributed by atoms with van der Waals surface area (Å²) in [6, 6.07) is 10.5. The maximum Gasteiger partial charge on any atom is 0.268 e. The molecule has 1 aromatic carbocycles. The highest BCUT2D eigenvalue weighted by atomic mass is 16.3. The van der Waals surface area contributed by atoms with E-state index in [4.69, 9.17) is 0 Å². The van der Waals surface area contributed by atoms with E-state index in [0.717, 1.165) is 16.7 Å². The van der Waals surface area contributed by atoms with Gasteiger partial charge in [-0.15, -0.1) is 0 Å². The first-order valence-corrected chi connectivity index (χ1v) is 9.39. The van der Waals surface area contributed by atoms with E-state index < -0.39 is 12.1 Å². The summed E-state index contributed by atoms with van der Waals surface area (Å²) in [5.41, 5.74) is 3.48. The van der Waals surface area contributed by atoms with Gasteiger partial charge in [-0.05, 0) is 31.0 Å². The van der Waals surface area contributed by atoms with Crippen molar-refractivity contribution in [3.05, 3.63) is 65.6 Å². The van der Waals surface area contributed by atoms with E-state index in [9.17, 15) is 15.0 Å². The molecule has 3 rings (SSSR count). The van der Waals surface area contributed by atoms with Crippen molar-refractivity contribution in [2.45, 2.75) is 26.0 Å². The van der Waals surface area contributed by atoms with E-state index >= 15 is 0 Å². The van der Waals surface area contributed by atoms with E-state index in [-0.39, 0.29) is 12.5 Å². The number of aryl methyl sites for hydroxylation is 1. The Bertz CT molecular complexity index is 956. The van der Waals surface area contributed by atoms with Gasteiger partial charge in [-0.3, -0.25) is 4.79 Å². The Kier molecular flexibility index (Phi) is 6.58. The lowest BCUT2D eigenvalue weighted by atomic mass is 10.1. The maximum atomic E-state index is 12.6. The number of amides is 1. The predicted molar refractivity (Wildman–Crippen MR) is 110 cm³/mol. The van der Waals surface area contributed by atoms with Gasteiger partial charge in [0.15, 0.2) is 0 Å². The minimum absolute atomic E-state index is 0.202. The summed E-state index contributed by atoms with van der Waals surface area (Å²) in [5, 5.41) is 24.9. The Morgan fingerprint density at radius 2 is 2.03 bits per heavy atom. The zero-order chi connectivity index (χ0) is 20.8. The van der Waals surface area contributed by atoms with Crippen molar-refractivity contribution < 1.29 is 15.0 Å². The normalized spacial score (nSPS) is 13.0. The van der Waals surface area contributed by atoms with Crippen LogP contribution in [-0.2, 0) is 0 Å². The molecule has 5 N–H and O–H groups in total. The largest absolute Gasteiger partial charge is 0.394 e. The standard InChI is InChI=1S/C21H25N5O3/c1-13-9-23-21(24-10-14(2)28)26-19(13)16-8-17(22-11-16)20(29)25-18(12-27)15-6-4-3-5-7-15/h3-9,11,14,18,22,27-28H,10,12H2,1-2H3,(H,25,29)(H,23,24,26). The van der Waals surface area contributed by atoms with Crippen LogP contribution in [0.5, 0.6) is 0 Å². The predicted octanol–water partition coefficient (Wildman–Crippen LogP) is 2.04. The first-order chi connectivity index (χ1) is 14.0. The highest BCUT2D eigenvalue weighted by Crippen LogP contribution is 2.23. The molecule has 29 heavy (non-hydrogen) atoms. The van der Waals surface area contributed by atoms with Gasteiger partial charge in [-0.25, -0.2) is 9.97 Å². The lowest BCUT2D eigenvalue weighted by Gasteiger charge is -2.16. The fourth-order valence-corrected chi connectivity index (χ4v) is 2.88. The number of aromatic amines is 1. The highest BCUT2D eigenvalue weighted by Gasteiger charge is 2.17. The molecular weight excluding hydrogens is 370 g/mol. The van der Waals surface area contributed by atoms with Gasteiger partial charge in [0.05, 0.1) is 24.4 Å². The van der Waals surface area contributed by atoms with Crippen molar-refractivity contribution in [1.29, 1.82) is 0 Å². The highest BCUT2D eigenvalue weighted by molar-refractivity contribution is 5.94. The van der Waals surface area contributed by atoms with Crippen molar-refractivity contribution in [3.8, 4) is 11.3 Å². The monoisotopic (exact) mass is 395 g/mol. The summed E-state index contributed by atoms with van der Waals surface area (Å²) in [6.07, 6.45) is 2.88. The van der Waals surface area contributed by atoms with Crippen LogP contribution in [0, 0.1) is 6.92 Å². The van der Waals surface area contributed by atoms with Crippen LogP contribution in [0.2, 0.25) is 0 Å². The number of aromatic nitrogens is 3. The van der Waals surface area contributed by atoms with Gasteiger partial charge < -0.3 is 25.8 Å². The smallest absolute Gasteiger partial charge is 0.268 e. The van der Waals surface area contributed by atoms with Gasteiger partial charge in [0.1, 0.15) is 5.69 Å². The molecule has 0 fully saturated rings. The average molecular weight is 395 g/mol. The van der Waals surface area contributed by atoms with Crippen molar-refractivity contribution in [2.24, 2.45) is 0 Å². The van der Waals surface area contributed by atoms with Crippen LogP contribution in [-0.4, -0.2) is 50.3 Å². The third-order valence-electron chi connectivity index (χ3n) is 4.42. The van der Waals surface area contributed by atoms with Crippen LogP contribution in [0.25, 0.3) is 11.3 Å². The zero-order valence-corrected chi connectivity index (χ0v) is 16.4. The van der Waals surface area contributed by atoms with Crippen LogP contribution in [0.3, 0.4) is 0 Å².